The van der Waals surface area contributed by atoms with Crippen molar-refractivity contribution in [2.24, 2.45) is 0 Å². The van der Waals surface area contributed by atoms with Crippen LogP contribution in [0.1, 0.15) is 5.56 Å². The Morgan fingerprint density at radius 3 is 2.74 bits per heavy atom. The number of alkyl halides is 1. The van der Waals surface area contributed by atoms with Crippen molar-refractivity contribution in [1.82, 2.24) is 23.9 Å². The Morgan fingerprint density at radius 2 is 2.03 bits per heavy atom. The number of aliphatic hydroxyl groups excluding tert-OH is 2. The number of nitro benzene ring substituents is 1. The van der Waals surface area contributed by atoms with Gasteiger partial charge in [0.2, 0.25) is 11.7 Å². The summed E-state index contributed by atoms with van der Waals surface area (Å²) >= 11 is 0. The molecule has 12 nitrogen and oxygen atoms in total. The Morgan fingerprint density at radius 1 is 1.24 bits per heavy atom. The number of non-ortho nitro benzene ring substituents is 1. The van der Waals surface area contributed by atoms with E-state index >= 15 is 0 Å². The maximum absolute atomic E-state index is 14.5. The Kier molecular flexibility index (Phi) is 5.81. The van der Waals surface area contributed by atoms with E-state index in [0.29, 0.717) is 23.4 Å². The van der Waals surface area contributed by atoms with Gasteiger partial charge in [0.25, 0.3) is 5.69 Å². The molecule has 1 aliphatic rings. The fourth-order valence-corrected chi connectivity index (χ4v) is 4.04. The number of hydrogen-bond donors (Lipinski definition) is 2. The van der Waals surface area contributed by atoms with E-state index in [1.807, 2.05) is 0 Å². The quantitative estimate of drug-likeness (QED) is 0.283. The zero-order chi connectivity index (χ0) is 23.8. The van der Waals surface area contributed by atoms with Crippen LogP contribution in [0.3, 0.4) is 0 Å². The number of nitro groups is 1. The predicted molar refractivity (Wildman–Crippen MR) is 115 cm³/mol. The third kappa shape index (κ3) is 3.93. The summed E-state index contributed by atoms with van der Waals surface area (Å²) in [5.41, 5.74) is 1.87. The second-order valence-electron chi connectivity index (χ2n) is 7.94. The van der Waals surface area contributed by atoms with Crippen LogP contribution in [0.25, 0.3) is 16.9 Å². The van der Waals surface area contributed by atoms with Crippen LogP contribution in [0.4, 0.5) is 10.1 Å². The summed E-state index contributed by atoms with van der Waals surface area (Å²) in [6, 6.07) is 6.21. The van der Waals surface area contributed by atoms with Crippen molar-refractivity contribution in [2.45, 2.75) is 37.4 Å². The largest absolute Gasteiger partial charge is 0.476 e. The highest BCUT2D eigenvalue weighted by molar-refractivity contribution is 5.79. The molecule has 0 spiro atoms. The highest BCUT2D eigenvalue weighted by Crippen LogP contribution is 2.28. The highest BCUT2D eigenvalue weighted by atomic mass is 19.1. The molecule has 0 unspecified atom stereocenters. The normalized spacial score (nSPS) is 22.6. The second-order valence-corrected chi connectivity index (χ2v) is 7.94. The van der Waals surface area contributed by atoms with E-state index in [1.165, 1.54) is 18.5 Å². The molecule has 0 amide bonds. The van der Waals surface area contributed by atoms with Crippen molar-refractivity contribution in [2.75, 3.05) is 13.2 Å². The van der Waals surface area contributed by atoms with E-state index in [-0.39, 0.29) is 24.7 Å². The molecule has 2 N–H and O–H groups in total. The molecule has 3 aromatic heterocycles. The second kappa shape index (κ2) is 8.93. The monoisotopic (exact) mass is 472 g/mol. The molecule has 1 aliphatic heterocycles. The summed E-state index contributed by atoms with van der Waals surface area (Å²) in [5.74, 6) is 0.601. The van der Waals surface area contributed by atoms with Crippen LogP contribution in [-0.4, -0.2) is 76.8 Å². The molecule has 1 saturated heterocycles. The van der Waals surface area contributed by atoms with Gasteiger partial charge in [0, 0.05) is 30.9 Å². The van der Waals surface area contributed by atoms with Crippen LogP contribution in [0.5, 0.6) is 5.88 Å². The molecular formula is C21H21FN6O6. The van der Waals surface area contributed by atoms with Gasteiger partial charge in [-0.3, -0.25) is 14.5 Å². The number of rotatable bonds is 8. The summed E-state index contributed by atoms with van der Waals surface area (Å²) in [7, 11) is 0. The van der Waals surface area contributed by atoms with Crippen LogP contribution >= 0.6 is 0 Å². The lowest BCUT2D eigenvalue weighted by Gasteiger charge is -2.15. The summed E-state index contributed by atoms with van der Waals surface area (Å²) in [6.07, 6.45) is 0.230. The molecule has 0 radical (unpaired) electrons. The fraction of sp³-hybridized carbons (Fsp3) is 0.381. The molecular weight excluding hydrogens is 451 g/mol. The fourth-order valence-electron chi connectivity index (χ4n) is 4.04. The maximum Gasteiger partial charge on any atom is 0.269 e. The van der Waals surface area contributed by atoms with Crippen molar-refractivity contribution in [1.29, 1.82) is 0 Å². The molecule has 0 aliphatic carbocycles. The van der Waals surface area contributed by atoms with Crippen LogP contribution in [0.15, 0.2) is 43.0 Å². The van der Waals surface area contributed by atoms with Gasteiger partial charge in [0.15, 0.2) is 17.3 Å². The van der Waals surface area contributed by atoms with Crippen LogP contribution in [0.2, 0.25) is 0 Å². The molecule has 5 rings (SSSR count). The number of benzene rings is 1. The van der Waals surface area contributed by atoms with Gasteiger partial charge in [-0.25, -0.2) is 14.4 Å². The Balaban J connectivity index is 1.38. The van der Waals surface area contributed by atoms with Crippen molar-refractivity contribution in [3.63, 3.8) is 0 Å². The first-order valence-electron chi connectivity index (χ1n) is 10.6. The van der Waals surface area contributed by atoms with E-state index in [1.54, 1.807) is 33.5 Å². The van der Waals surface area contributed by atoms with Gasteiger partial charge in [-0.2, -0.15) is 4.98 Å². The summed E-state index contributed by atoms with van der Waals surface area (Å²) in [5, 5.41) is 30.0. The number of aromatic nitrogens is 5. The summed E-state index contributed by atoms with van der Waals surface area (Å²) in [6.45, 7) is -0.192. The zero-order valence-corrected chi connectivity index (χ0v) is 17.8. The summed E-state index contributed by atoms with van der Waals surface area (Å²) < 4.78 is 29.2. The van der Waals surface area contributed by atoms with Crippen molar-refractivity contribution < 1.29 is 29.0 Å². The van der Waals surface area contributed by atoms with Gasteiger partial charge in [-0.05, 0) is 5.56 Å². The first-order valence-corrected chi connectivity index (χ1v) is 10.6. The number of nitrogens with zero attached hydrogens (tertiary/aromatic N) is 6. The molecule has 178 valence electrons. The molecule has 4 atom stereocenters. The third-order valence-electron chi connectivity index (χ3n) is 5.81. The van der Waals surface area contributed by atoms with Gasteiger partial charge in [-0.15, -0.1) is 0 Å². The van der Waals surface area contributed by atoms with E-state index in [0.717, 1.165) is 5.56 Å². The number of ether oxygens (including phenoxy) is 2. The lowest BCUT2D eigenvalue weighted by atomic mass is 10.1. The van der Waals surface area contributed by atoms with E-state index in [4.69, 9.17) is 9.47 Å². The van der Waals surface area contributed by atoms with Gasteiger partial charge < -0.3 is 24.3 Å². The predicted octanol–water partition coefficient (Wildman–Crippen LogP) is 1.07. The van der Waals surface area contributed by atoms with Crippen LogP contribution < -0.4 is 4.74 Å². The average molecular weight is 472 g/mol. The maximum atomic E-state index is 14.5. The minimum absolute atomic E-state index is 0.0166. The Bertz CT molecular complexity index is 1320. The van der Waals surface area contributed by atoms with Gasteiger partial charge in [0.05, 0.1) is 31.0 Å². The molecule has 34 heavy (non-hydrogen) atoms. The highest BCUT2D eigenvalue weighted by Gasteiger charge is 2.44. The number of imidazole rings is 2. The standard InChI is InChI=1S/C21H21FN6O6/c22-16-14(34-15(10-29)18(16)30)9-26-11-24-17-19(25-21-23-6-7-27(21)20(17)26)33-8-5-12-1-3-13(4-2-12)28(31)32/h1-4,6-7,11,14-16,18,29-30H,5,8-10H2/t14-,15+,16-,18+/m0/s1. The lowest BCUT2D eigenvalue weighted by Crippen LogP contribution is -2.31. The van der Waals surface area contributed by atoms with Crippen LogP contribution in [-0.2, 0) is 17.7 Å². The molecule has 4 heterocycles. The summed E-state index contributed by atoms with van der Waals surface area (Å²) in [4.78, 5) is 23.4. The molecule has 0 bridgehead atoms. The number of hydrogen-bond acceptors (Lipinski definition) is 9. The first kappa shape index (κ1) is 22.1. The molecule has 0 saturated carbocycles. The van der Waals surface area contributed by atoms with Crippen LogP contribution in [0, 0.1) is 10.1 Å². The van der Waals surface area contributed by atoms with Gasteiger partial charge >= 0.3 is 0 Å². The van der Waals surface area contributed by atoms with Crippen molar-refractivity contribution in [3.8, 4) is 5.88 Å². The minimum Gasteiger partial charge on any atom is -0.476 e. The van der Waals surface area contributed by atoms with E-state index in [9.17, 15) is 24.7 Å². The SMILES string of the molecule is O=[N+]([O-])c1ccc(CCOc2nc3nccn3c3c2ncn3C[C@@H]2O[C@H](CO)[C@@H](O)[C@H]2F)cc1. The van der Waals surface area contributed by atoms with Gasteiger partial charge in [-0.1, -0.05) is 12.1 Å². The lowest BCUT2D eigenvalue weighted by molar-refractivity contribution is -0.384. The Hall–Kier alpha value is -3.68. The molecule has 4 aromatic rings. The third-order valence-corrected chi connectivity index (χ3v) is 5.81. The number of halogens is 1. The number of aliphatic hydroxyl groups is 2. The van der Waals surface area contributed by atoms with E-state index in [2.05, 4.69) is 15.0 Å². The molecule has 1 aromatic carbocycles. The first-order chi connectivity index (χ1) is 16.5. The zero-order valence-electron chi connectivity index (χ0n) is 17.8. The smallest absolute Gasteiger partial charge is 0.269 e. The minimum atomic E-state index is -1.66. The van der Waals surface area contributed by atoms with Crippen molar-refractivity contribution in [3.05, 3.63) is 58.7 Å². The molecule has 13 heteroatoms. The van der Waals surface area contributed by atoms with Crippen molar-refractivity contribution >= 4 is 22.6 Å². The Labute approximate surface area is 191 Å². The topological polar surface area (TPSA) is 150 Å². The molecule has 1 fully saturated rings. The average Bonchev–Trinajstić information content (AvgIpc) is 3.53. The van der Waals surface area contributed by atoms with Gasteiger partial charge in [0.1, 0.15) is 18.3 Å². The van der Waals surface area contributed by atoms with E-state index < -0.39 is 36.0 Å². The number of fused-ring (bicyclic) bond motifs is 3.